The van der Waals surface area contributed by atoms with Gasteiger partial charge in [-0.2, -0.15) is 16.6 Å². The van der Waals surface area contributed by atoms with Gasteiger partial charge in [0.1, 0.15) is 0 Å². The predicted octanol–water partition coefficient (Wildman–Crippen LogP) is 3.31. The molecule has 0 aliphatic heterocycles. The van der Waals surface area contributed by atoms with Crippen LogP contribution < -0.4 is 5.32 Å². The molecule has 0 aliphatic carbocycles. The molecule has 3 aromatic rings. The first-order valence-electron chi connectivity index (χ1n) is 7.32. The molecule has 0 radical (unpaired) electrons. The second-order valence-electron chi connectivity index (χ2n) is 5.58. The van der Waals surface area contributed by atoms with Crippen LogP contribution >= 0.6 is 11.3 Å². The number of tetrazole rings is 1. The summed E-state index contributed by atoms with van der Waals surface area (Å²) in [5, 5.41) is 20.8. The van der Waals surface area contributed by atoms with Crippen LogP contribution in [0.2, 0.25) is 0 Å². The van der Waals surface area contributed by atoms with Crippen molar-refractivity contribution in [2.24, 2.45) is 5.92 Å². The van der Waals surface area contributed by atoms with Crippen molar-refractivity contribution in [1.29, 1.82) is 0 Å². The molecule has 23 heavy (non-hydrogen) atoms. The van der Waals surface area contributed by atoms with Crippen LogP contribution in [0, 0.1) is 5.92 Å². The van der Waals surface area contributed by atoms with Gasteiger partial charge in [0.2, 0.25) is 11.7 Å². The highest BCUT2D eigenvalue weighted by Crippen LogP contribution is 2.29. The van der Waals surface area contributed by atoms with Crippen LogP contribution in [0.15, 0.2) is 41.1 Å². The van der Waals surface area contributed by atoms with Gasteiger partial charge in [-0.15, -0.1) is 10.2 Å². The van der Waals surface area contributed by atoms with Gasteiger partial charge in [0.05, 0.1) is 11.6 Å². The van der Waals surface area contributed by atoms with E-state index in [0.29, 0.717) is 5.82 Å². The van der Waals surface area contributed by atoms with Gasteiger partial charge >= 0.3 is 0 Å². The number of H-pyrrole nitrogens is 1. The molecule has 2 aromatic heterocycles. The highest BCUT2D eigenvalue weighted by Gasteiger charge is 2.25. The molecule has 0 spiro atoms. The number of anilines is 1. The van der Waals surface area contributed by atoms with E-state index in [1.54, 1.807) is 11.3 Å². The smallest absolute Gasteiger partial charge is 0.232 e. The largest absolute Gasteiger partial charge is 0.325 e. The molecule has 1 amide bonds. The number of rotatable bonds is 5. The summed E-state index contributed by atoms with van der Waals surface area (Å²) in [6.07, 6.45) is 0. The third-order valence-electron chi connectivity index (χ3n) is 3.59. The number of aromatic amines is 1. The van der Waals surface area contributed by atoms with E-state index in [1.807, 2.05) is 54.9 Å². The van der Waals surface area contributed by atoms with Crippen molar-refractivity contribution in [2.45, 2.75) is 19.8 Å². The lowest BCUT2D eigenvalue weighted by atomic mass is 9.86. The number of nitrogens with one attached hydrogen (secondary N) is 2. The van der Waals surface area contributed by atoms with E-state index in [2.05, 4.69) is 25.9 Å². The lowest BCUT2D eigenvalue weighted by molar-refractivity contribution is -0.118. The van der Waals surface area contributed by atoms with E-state index in [4.69, 9.17) is 0 Å². The number of carbonyl (C=O) groups excluding carboxylic acids is 1. The number of hydrogen-bond acceptors (Lipinski definition) is 5. The summed E-state index contributed by atoms with van der Waals surface area (Å²) in [5.41, 5.74) is 2.61. The lowest BCUT2D eigenvalue weighted by Crippen LogP contribution is -2.25. The number of thiophene rings is 1. The van der Waals surface area contributed by atoms with Gasteiger partial charge in [-0.3, -0.25) is 4.79 Å². The Morgan fingerprint density at radius 2 is 2.17 bits per heavy atom. The van der Waals surface area contributed by atoms with Crippen LogP contribution in [0.3, 0.4) is 0 Å². The number of amides is 1. The van der Waals surface area contributed by atoms with Crippen LogP contribution in [0.1, 0.15) is 25.3 Å². The normalized spacial score (nSPS) is 12.3. The maximum Gasteiger partial charge on any atom is 0.232 e. The van der Waals surface area contributed by atoms with E-state index < -0.39 is 0 Å². The summed E-state index contributed by atoms with van der Waals surface area (Å²) in [6.45, 7) is 4.08. The summed E-state index contributed by atoms with van der Waals surface area (Å²) in [4.78, 5) is 12.7. The molecule has 1 atom stereocenters. The Kier molecular flexibility index (Phi) is 4.47. The fourth-order valence-electron chi connectivity index (χ4n) is 2.55. The number of nitrogens with zero attached hydrogens (tertiary/aromatic N) is 3. The molecule has 1 aromatic carbocycles. The van der Waals surface area contributed by atoms with Crippen molar-refractivity contribution in [3.8, 4) is 11.4 Å². The monoisotopic (exact) mass is 327 g/mol. The summed E-state index contributed by atoms with van der Waals surface area (Å²) in [7, 11) is 0. The molecule has 1 unspecified atom stereocenters. The van der Waals surface area contributed by atoms with Gasteiger partial charge in [-0.05, 0) is 34.2 Å². The maximum atomic E-state index is 12.7. The topological polar surface area (TPSA) is 83.6 Å². The molecule has 2 N–H and O–H groups in total. The third kappa shape index (κ3) is 3.45. The zero-order valence-corrected chi connectivity index (χ0v) is 13.7. The number of benzene rings is 1. The highest BCUT2D eigenvalue weighted by atomic mass is 32.1. The van der Waals surface area contributed by atoms with Crippen LogP contribution in [0.4, 0.5) is 5.69 Å². The summed E-state index contributed by atoms with van der Waals surface area (Å²) in [6, 6.07) is 9.62. The molecule has 0 bridgehead atoms. The van der Waals surface area contributed by atoms with Crippen molar-refractivity contribution in [3.63, 3.8) is 0 Å². The van der Waals surface area contributed by atoms with Crippen molar-refractivity contribution >= 4 is 22.9 Å². The summed E-state index contributed by atoms with van der Waals surface area (Å²) < 4.78 is 0. The SMILES string of the molecule is CC(C)C(C(=O)Nc1ccsc1)c1cccc(-c2nn[nH]n2)c1. The van der Waals surface area contributed by atoms with E-state index in [0.717, 1.165) is 16.8 Å². The number of aromatic nitrogens is 4. The zero-order chi connectivity index (χ0) is 16.2. The highest BCUT2D eigenvalue weighted by molar-refractivity contribution is 7.08. The Morgan fingerprint density at radius 3 is 2.83 bits per heavy atom. The molecule has 2 heterocycles. The van der Waals surface area contributed by atoms with Gasteiger partial charge in [-0.25, -0.2) is 0 Å². The number of carbonyl (C=O) groups is 1. The van der Waals surface area contributed by atoms with E-state index >= 15 is 0 Å². The molecule has 6 nitrogen and oxygen atoms in total. The molecule has 0 saturated heterocycles. The van der Waals surface area contributed by atoms with Crippen molar-refractivity contribution in [1.82, 2.24) is 20.6 Å². The van der Waals surface area contributed by atoms with Crippen LogP contribution in [0.25, 0.3) is 11.4 Å². The summed E-state index contributed by atoms with van der Waals surface area (Å²) >= 11 is 1.56. The van der Waals surface area contributed by atoms with Gasteiger partial charge in [0.15, 0.2) is 0 Å². The van der Waals surface area contributed by atoms with Gasteiger partial charge in [-0.1, -0.05) is 32.0 Å². The minimum atomic E-state index is -0.248. The Morgan fingerprint density at radius 1 is 1.30 bits per heavy atom. The first kappa shape index (κ1) is 15.4. The lowest BCUT2D eigenvalue weighted by Gasteiger charge is -2.21. The predicted molar refractivity (Wildman–Crippen MR) is 90.1 cm³/mol. The number of hydrogen-bond donors (Lipinski definition) is 2. The molecule has 7 heteroatoms. The first-order chi connectivity index (χ1) is 11.1. The molecule has 0 aliphatic rings. The Labute approximate surface area is 137 Å². The van der Waals surface area contributed by atoms with E-state index in [1.165, 1.54) is 0 Å². The Hall–Kier alpha value is -2.54. The average molecular weight is 327 g/mol. The van der Waals surface area contributed by atoms with Gasteiger partial charge in [0.25, 0.3) is 0 Å². The molecule has 3 rings (SSSR count). The molecule has 0 fully saturated rings. The van der Waals surface area contributed by atoms with Gasteiger partial charge in [0, 0.05) is 10.9 Å². The third-order valence-corrected chi connectivity index (χ3v) is 4.27. The van der Waals surface area contributed by atoms with Gasteiger partial charge < -0.3 is 5.32 Å². The molecular weight excluding hydrogens is 310 g/mol. The fourth-order valence-corrected chi connectivity index (χ4v) is 3.14. The molecule has 118 valence electrons. The Bertz CT molecular complexity index is 768. The Balaban J connectivity index is 1.89. The van der Waals surface area contributed by atoms with E-state index in [9.17, 15) is 4.79 Å². The van der Waals surface area contributed by atoms with Crippen molar-refractivity contribution in [3.05, 3.63) is 46.7 Å². The minimum absolute atomic E-state index is 0.0105. The quantitative estimate of drug-likeness (QED) is 0.753. The standard InChI is InChI=1S/C16H17N5OS/c1-10(2)14(16(22)17-13-6-7-23-9-13)11-4-3-5-12(8-11)15-18-20-21-19-15/h3-10,14H,1-2H3,(H,17,22)(H,18,19,20,21). The molecule has 0 saturated carbocycles. The molecular formula is C16H17N5OS. The maximum absolute atomic E-state index is 12.7. The first-order valence-corrected chi connectivity index (χ1v) is 8.26. The van der Waals surface area contributed by atoms with Crippen molar-refractivity contribution in [2.75, 3.05) is 5.32 Å². The average Bonchev–Trinajstić information content (AvgIpc) is 3.20. The minimum Gasteiger partial charge on any atom is -0.325 e. The van der Waals surface area contributed by atoms with Crippen LogP contribution in [-0.2, 0) is 4.79 Å². The summed E-state index contributed by atoms with van der Waals surface area (Å²) in [5.74, 6) is 0.423. The van der Waals surface area contributed by atoms with Crippen LogP contribution in [0.5, 0.6) is 0 Å². The zero-order valence-electron chi connectivity index (χ0n) is 12.9. The fraction of sp³-hybridized carbons (Fsp3) is 0.250. The van der Waals surface area contributed by atoms with E-state index in [-0.39, 0.29) is 17.7 Å². The van der Waals surface area contributed by atoms with Crippen molar-refractivity contribution < 1.29 is 4.79 Å². The second-order valence-corrected chi connectivity index (χ2v) is 6.36. The van der Waals surface area contributed by atoms with Crippen LogP contribution in [-0.4, -0.2) is 26.5 Å². The second kappa shape index (κ2) is 6.70.